The molecule has 1 aromatic heterocycles. The Labute approximate surface area is 124 Å². The lowest BCUT2D eigenvalue weighted by atomic mass is 10.4. The van der Waals surface area contributed by atoms with Crippen molar-refractivity contribution in [2.24, 2.45) is 0 Å². The van der Waals surface area contributed by atoms with E-state index in [0.717, 1.165) is 12.2 Å². The van der Waals surface area contributed by atoms with E-state index in [-0.39, 0.29) is 11.6 Å². The summed E-state index contributed by atoms with van der Waals surface area (Å²) in [6.07, 6.45) is 2.95. The zero-order valence-electron chi connectivity index (χ0n) is 11.0. The molecule has 1 aromatic rings. The molecule has 0 saturated carbocycles. The van der Waals surface area contributed by atoms with Crippen LogP contribution in [0.1, 0.15) is 0 Å². The largest absolute Gasteiger partial charge is 0.478 e. The van der Waals surface area contributed by atoms with Crippen LogP contribution in [0, 0.1) is 0 Å². The molecule has 22 heavy (non-hydrogen) atoms. The van der Waals surface area contributed by atoms with Crippen LogP contribution in [0.2, 0.25) is 0 Å². The van der Waals surface area contributed by atoms with Crippen molar-refractivity contribution in [3.8, 4) is 0 Å². The summed E-state index contributed by atoms with van der Waals surface area (Å²) in [6.45, 7) is 0. The van der Waals surface area contributed by atoms with E-state index in [1.54, 1.807) is 0 Å². The van der Waals surface area contributed by atoms with Crippen LogP contribution in [0.4, 0.5) is 11.6 Å². The Morgan fingerprint density at radius 3 is 1.59 bits per heavy atom. The number of anilines is 2. The van der Waals surface area contributed by atoms with Crippen molar-refractivity contribution < 1.29 is 29.4 Å². The van der Waals surface area contributed by atoms with E-state index in [1.165, 1.54) is 18.2 Å². The minimum Gasteiger partial charge on any atom is -0.478 e. The van der Waals surface area contributed by atoms with E-state index < -0.39 is 23.8 Å². The number of rotatable bonds is 6. The number of nitrogens with zero attached hydrogens (tertiary/aromatic N) is 1. The standard InChI is InChI=1S/C13H11N3O6/c17-10(4-6-12(19)20)15-8-2-1-3-9(14-8)16-11(18)5-7-13(21)22/h1-7H,(H,19,20)(H,21,22)(H2,14,15,16,17,18)/b6-4+,7-5+. The minimum absolute atomic E-state index is 0.0834. The normalized spacial score (nSPS) is 10.5. The highest BCUT2D eigenvalue weighted by Crippen LogP contribution is 2.09. The van der Waals surface area contributed by atoms with Gasteiger partial charge in [0.2, 0.25) is 11.8 Å². The first-order chi connectivity index (χ1) is 10.4. The molecular weight excluding hydrogens is 294 g/mol. The highest BCUT2D eigenvalue weighted by molar-refractivity contribution is 6.03. The van der Waals surface area contributed by atoms with Gasteiger partial charge in [-0.2, -0.15) is 0 Å². The van der Waals surface area contributed by atoms with Gasteiger partial charge >= 0.3 is 11.9 Å². The monoisotopic (exact) mass is 305 g/mol. The quantitative estimate of drug-likeness (QED) is 0.550. The minimum atomic E-state index is -1.27. The fraction of sp³-hybridized carbons (Fsp3) is 0. The maximum Gasteiger partial charge on any atom is 0.328 e. The highest BCUT2D eigenvalue weighted by Gasteiger charge is 2.04. The Balaban J connectivity index is 2.70. The number of hydrogen-bond acceptors (Lipinski definition) is 5. The maximum atomic E-state index is 11.4. The van der Waals surface area contributed by atoms with Crippen molar-refractivity contribution in [1.82, 2.24) is 4.98 Å². The van der Waals surface area contributed by atoms with Gasteiger partial charge in [0.25, 0.3) is 0 Å². The smallest absolute Gasteiger partial charge is 0.328 e. The third-order valence-electron chi connectivity index (χ3n) is 2.01. The number of carboxylic acid groups (broad SMARTS) is 2. The van der Waals surface area contributed by atoms with Crippen molar-refractivity contribution in [3.63, 3.8) is 0 Å². The molecule has 0 aliphatic rings. The van der Waals surface area contributed by atoms with Gasteiger partial charge in [0.15, 0.2) is 0 Å². The number of amides is 2. The van der Waals surface area contributed by atoms with Gasteiger partial charge in [-0.05, 0) is 12.1 Å². The molecule has 2 amide bonds. The Morgan fingerprint density at radius 2 is 1.23 bits per heavy atom. The molecule has 1 heterocycles. The van der Waals surface area contributed by atoms with Gasteiger partial charge in [-0.1, -0.05) is 6.07 Å². The van der Waals surface area contributed by atoms with E-state index in [4.69, 9.17) is 10.2 Å². The van der Waals surface area contributed by atoms with Crippen LogP contribution >= 0.6 is 0 Å². The lowest BCUT2D eigenvalue weighted by Crippen LogP contribution is -2.13. The summed E-state index contributed by atoms with van der Waals surface area (Å²) < 4.78 is 0. The number of aliphatic carboxylic acids is 2. The molecular formula is C13H11N3O6. The van der Waals surface area contributed by atoms with Gasteiger partial charge in [0.05, 0.1) is 0 Å². The molecule has 0 atom stereocenters. The van der Waals surface area contributed by atoms with Crippen LogP contribution in [-0.2, 0) is 19.2 Å². The summed E-state index contributed by atoms with van der Waals surface area (Å²) in [7, 11) is 0. The molecule has 1 rings (SSSR count). The molecule has 0 aliphatic heterocycles. The number of pyridine rings is 1. The summed E-state index contributed by atoms with van der Waals surface area (Å²) in [4.78, 5) is 47.1. The van der Waals surface area contributed by atoms with Crippen LogP contribution in [0.25, 0.3) is 0 Å². The van der Waals surface area contributed by atoms with Crippen LogP contribution < -0.4 is 10.6 Å². The van der Waals surface area contributed by atoms with Crippen molar-refractivity contribution in [2.45, 2.75) is 0 Å². The lowest BCUT2D eigenvalue weighted by molar-refractivity contribution is -0.132. The predicted molar refractivity (Wildman–Crippen MR) is 75.0 cm³/mol. The molecule has 9 nitrogen and oxygen atoms in total. The molecule has 0 unspecified atom stereocenters. The first kappa shape index (κ1) is 16.6. The second-order valence-corrected chi connectivity index (χ2v) is 3.73. The number of aromatic nitrogens is 1. The molecule has 0 bridgehead atoms. The lowest BCUT2D eigenvalue weighted by Gasteiger charge is -2.05. The van der Waals surface area contributed by atoms with Gasteiger partial charge < -0.3 is 20.8 Å². The van der Waals surface area contributed by atoms with Gasteiger partial charge in [-0.3, -0.25) is 9.59 Å². The highest BCUT2D eigenvalue weighted by atomic mass is 16.4. The van der Waals surface area contributed by atoms with Crippen LogP contribution in [0.15, 0.2) is 42.5 Å². The number of hydrogen-bond donors (Lipinski definition) is 4. The van der Waals surface area contributed by atoms with E-state index in [1.807, 2.05) is 0 Å². The Kier molecular flexibility index (Phi) is 5.98. The maximum absolute atomic E-state index is 11.4. The number of carbonyl (C=O) groups is 4. The zero-order valence-corrected chi connectivity index (χ0v) is 11.0. The molecule has 0 aliphatic carbocycles. The third-order valence-corrected chi connectivity index (χ3v) is 2.01. The third kappa shape index (κ3) is 6.61. The molecule has 9 heteroatoms. The SMILES string of the molecule is O=C(O)/C=C/C(=O)Nc1cccc(NC(=O)/C=C/C(=O)O)n1. The van der Waals surface area contributed by atoms with Crippen LogP contribution in [0.3, 0.4) is 0 Å². The first-order valence-corrected chi connectivity index (χ1v) is 5.78. The van der Waals surface area contributed by atoms with Gasteiger partial charge in [0, 0.05) is 24.3 Å². The average molecular weight is 305 g/mol. The summed E-state index contributed by atoms with van der Waals surface area (Å²) >= 11 is 0. The second-order valence-electron chi connectivity index (χ2n) is 3.73. The van der Waals surface area contributed by atoms with E-state index >= 15 is 0 Å². The summed E-state index contributed by atoms with van der Waals surface area (Å²) in [6, 6.07) is 4.34. The predicted octanol–water partition coefficient (Wildman–Crippen LogP) is 0.240. The molecule has 114 valence electrons. The first-order valence-electron chi connectivity index (χ1n) is 5.78. The number of nitrogens with one attached hydrogen (secondary N) is 2. The second kappa shape index (κ2) is 7.94. The van der Waals surface area contributed by atoms with Gasteiger partial charge in [0.1, 0.15) is 11.6 Å². The molecule has 0 aromatic carbocycles. The van der Waals surface area contributed by atoms with E-state index in [0.29, 0.717) is 12.2 Å². The molecule has 0 saturated heterocycles. The molecule has 4 N–H and O–H groups in total. The fourth-order valence-electron chi connectivity index (χ4n) is 1.20. The number of carboxylic acids is 2. The van der Waals surface area contributed by atoms with E-state index in [2.05, 4.69) is 15.6 Å². The van der Waals surface area contributed by atoms with Crippen molar-refractivity contribution in [3.05, 3.63) is 42.5 Å². The Hall–Kier alpha value is -3.49. The summed E-state index contributed by atoms with van der Waals surface area (Å²) in [5.74, 6) is -3.78. The Morgan fingerprint density at radius 1 is 0.818 bits per heavy atom. The zero-order chi connectivity index (χ0) is 16.5. The van der Waals surface area contributed by atoms with Crippen molar-refractivity contribution >= 4 is 35.4 Å². The van der Waals surface area contributed by atoms with Crippen molar-refractivity contribution in [1.29, 1.82) is 0 Å². The van der Waals surface area contributed by atoms with E-state index in [9.17, 15) is 19.2 Å². The molecule has 0 radical (unpaired) electrons. The van der Waals surface area contributed by atoms with Gasteiger partial charge in [-0.15, -0.1) is 0 Å². The summed E-state index contributed by atoms with van der Waals surface area (Å²) in [5, 5.41) is 21.4. The molecule has 0 spiro atoms. The summed E-state index contributed by atoms with van der Waals surface area (Å²) in [5.41, 5.74) is 0. The fourth-order valence-corrected chi connectivity index (χ4v) is 1.20. The Bertz CT molecular complexity index is 612. The topological polar surface area (TPSA) is 146 Å². The van der Waals surface area contributed by atoms with Crippen LogP contribution in [-0.4, -0.2) is 39.0 Å². The number of carbonyl (C=O) groups excluding carboxylic acids is 2. The van der Waals surface area contributed by atoms with Crippen LogP contribution in [0.5, 0.6) is 0 Å². The average Bonchev–Trinajstić information content (AvgIpc) is 2.43. The molecule has 0 fully saturated rings. The van der Waals surface area contributed by atoms with Crippen molar-refractivity contribution in [2.75, 3.05) is 10.6 Å². The van der Waals surface area contributed by atoms with Gasteiger partial charge in [-0.25, -0.2) is 14.6 Å².